The smallest absolute Gasteiger partial charge is 0.242 e. The lowest BCUT2D eigenvalue weighted by Crippen LogP contribution is -2.40. The van der Waals surface area contributed by atoms with Gasteiger partial charge in [-0.25, -0.2) is 13.1 Å². The van der Waals surface area contributed by atoms with Crippen LogP contribution < -0.4 is 20.7 Å². The van der Waals surface area contributed by atoms with Crippen molar-refractivity contribution < 1.29 is 18.0 Å². The molecular formula is C24H38N4O4S. The van der Waals surface area contributed by atoms with E-state index in [1.807, 2.05) is 18.7 Å². The Bertz CT molecular complexity index is 936. The zero-order valence-corrected chi connectivity index (χ0v) is 20.6. The second-order valence-corrected chi connectivity index (χ2v) is 11.2. The summed E-state index contributed by atoms with van der Waals surface area (Å²) in [4.78, 5) is 26.2. The Hall–Kier alpha value is -2.13. The van der Waals surface area contributed by atoms with Crippen LogP contribution in [0.4, 0.5) is 11.4 Å². The number of nitrogens with one attached hydrogen (secondary N) is 2. The van der Waals surface area contributed by atoms with Crippen molar-refractivity contribution >= 4 is 33.2 Å². The number of hydrogen-bond donors (Lipinski definition) is 3. The Morgan fingerprint density at radius 1 is 1.15 bits per heavy atom. The number of carbonyl (C=O) groups excluding carboxylic acids is 2. The van der Waals surface area contributed by atoms with Gasteiger partial charge < -0.3 is 16.0 Å². The summed E-state index contributed by atoms with van der Waals surface area (Å²) in [7, 11) is -3.80. The lowest BCUT2D eigenvalue weighted by atomic mass is 9.96. The molecule has 0 spiro atoms. The van der Waals surface area contributed by atoms with Crippen LogP contribution in [0.15, 0.2) is 23.1 Å². The molecule has 1 saturated heterocycles. The molecule has 2 fully saturated rings. The summed E-state index contributed by atoms with van der Waals surface area (Å²) in [6.07, 6.45) is 8.04. The van der Waals surface area contributed by atoms with E-state index in [-0.39, 0.29) is 28.7 Å². The number of carbonyl (C=O) groups is 2. The summed E-state index contributed by atoms with van der Waals surface area (Å²) >= 11 is 0. The molecule has 2 aliphatic rings. The van der Waals surface area contributed by atoms with Crippen LogP contribution >= 0.6 is 0 Å². The molecule has 1 aromatic rings. The molecule has 4 N–H and O–H groups in total. The summed E-state index contributed by atoms with van der Waals surface area (Å²) in [5, 5.41) is 2.89. The Balaban J connectivity index is 1.79. The fourth-order valence-corrected chi connectivity index (χ4v) is 6.32. The van der Waals surface area contributed by atoms with Crippen LogP contribution in [-0.2, 0) is 19.6 Å². The average Bonchev–Trinajstić information content (AvgIpc) is 3.31. The second kappa shape index (κ2) is 11.3. The Morgan fingerprint density at radius 2 is 1.82 bits per heavy atom. The maximum atomic E-state index is 13.3. The van der Waals surface area contributed by atoms with E-state index in [4.69, 9.17) is 5.73 Å². The fraction of sp³-hybridized carbons (Fsp3) is 0.667. The van der Waals surface area contributed by atoms with Crippen molar-refractivity contribution in [2.45, 2.75) is 82.6 Å². The Kier molecular flexibility index (Phi) is 8.75. The Labute approximate surface area is 197 Å². The fourth-order valence-electron chi connectivity index (χ4n) is 4.74. The lowest BCUT2D eigenvalue weighted by Gasteiger charge is -2.33. The van der Waals surface area contributed by atoms with Gasteiger partial charge in [-0.3, -0.25) is 9.59 Å². The van der Waals surface area contributed by atoms with Gasteiger partial charge in [-0.05, 0) is 56.7 Å². The van der Waals surface area contributed by atoms with Gasteiger partial charge >= 0.3 is 0 Å². The van der Waals surface area contributed by atoms with Crippen LogP contribution in [0.5, 0.6) is 0 Å². The summed E-state index contributed by atoms with van der Waals surface area (Å²) in [5.41, 5.74) is 6.51. The van der Waals surface area contributed by atoms with Crippen LogP contribution in [0.25, 0.3) is 0 Å². The molecule has 1 atom stereocenters. The van der Waals surface area contributed by atoms with E-state index in [9.17, 15) is 18.0 Å². The van der Waals surface area contributed by atoms with Gasteiger partial charge in [0.25, 0.3) is 0 Å². The van der Waals surface area contributed by atoms with Crippen molar-refractivity contribution in [2.75, 3.05) is 23.3 Å². The number of amides is 2. The molecule has 1 unspecified atom stereocenters. The number of benzene rings is 1. The van der Waals surface area contributed by atoms with Crippen molar-refractivity contribution in [3.05, 3.63) is 18.2 Å². The van der Waals surface area contributed by atoms with E-state index in [0.29, 0.717) is 56.1 Å². The normalized spacial score (nSPS) is 18.9. The minimum atomic E-state index is -3.80. The van der Waals surface area contributed by atoms with Gasteiger partial charge in [-0.1, -0.05) is 32.6 Å². The number of sulfonamides is 1. The van der Waals surface area contributed by atoms with Crippen molar-refractivity contribution in [3.8, 4) is 0 Å². The summed E-state index contributed by atoms with van der Waals surface area (Å²) in [6, 6.07) is 4.84. The van der Waals surface area contributed by atoms with Crippen LogP contribution in [-0.4, -0.2) is 39.4 Å². The number of primary amides is 1. The third-order valence-corrected chi connectivity index (χ3v) is 8.61. The van der Waals surface area contributed by atoms with E-state index in [0.717, 1.165) is 6.42 Å². The first-order valence-electron chi connectivity index (χ1n) is 12.2. The maximum absolute atomic E-state index is 13.3. The molecular weight excluding hydrogens is 440 g/mol. The number of rotatable bonds is 10. The zero-order valence-electron chi connectivity index (χ0n) is 19.8. The second-order valence-electron chi connectivity index (χ2n) is 9.51. The number of hydrogen-bond acceptors (Lipinski definition) is 5. The molecule has 1 saturated carbocycles. The number of piperidine rings is 1. The van der Waals surface area contributed by atoms with Gasteiger partial charge in [0.05, 0.1) is 5.69 Å². The monoisotopic (exact) mass is 478 g/mol. The zero-order chi connectivity index (χ0) is 24.0. The molecule has 1 aliphatic carbocycles. The number of nitrogens with zero attached hydrogens (tertiary/aromatic N) is 1. The summed E-state index contributed by atoms with van der Waals surface area (Å²) in [6.45, 7) is 4.84. The molecule has 0 radical (unpaired) electrons. The molecule has 2 amide bonds. The lowest BCUT2D eigenvalue weighted by molar-refractivity contribution is -0.122. The third-order valence-electron chi connectivity index (χ3n) is 6.99. The SMILES string of the molecule is CCC(C)NS(=O)(=O)c1cc(NC(=O)CCC2CCCC2)ccc1N1CCC(C(N)=O)CC1. The highest BCUT2D eigenvalue weighted by molar-refractivity contribution is 7.89. The van der Waals surface area contributed by atoms with Gasteiger partial charge in [0.2, 0.25) is 21.8 Å². The van der Waals surface area contributed by atoms with Gasteiger partial charge in [0.15, 0.2) is 0 Å². The molecule has 1 aromatic carbocycles. The standard InChI is InChI=1S/C24H38N4O4S/c1-3-17(2)27-33(31,32)22-16-20(26-23(29)11-8-18-6-4-5-7-18)9-10-21(22)28-14-12-19(13-15-28)24(25)30/h9-10,16-19,27H,3-8,11-15H2,1-2H3,(H2,25,30)(H,26,29). The van der Waals surface area contributed by atoms with E-state index in [1.165, 1.54) is 25.7 Å². The molecule has 0 bridgehead atoms. The molecule has 3 rings (SSSR count). The largest absolute Gasteiger partial charge is 0.370 e. The highest BCUT2D eigenvalue weighted by Gasteiger charge is 2.28. The number of nitrogens with two attached hydrogens (primary N) is 1. The van der Waals surface area contributed by atoms with Crippen molar-refractivity contribution in [2.24, 2.45) is 17.6 Å². The topological polar surface area (TPSA) is 122 Å². The van der Waals surface area contributed by atoms with E-state index in [1.54, 1.807) is 18.2 Å². The summed E-state index contributed by atoms with van der Waals surface area (Å²) in [5.74, 6) is 0.0434. The first-order chi connectivity index (χ1) is 15.7. The predicted octanol–water partition coefficient (Wildman–Crippen LogP) is 3.37. The number of anilines is 2. The van der Waals surface area contributed by atoms with Crippen molar-refractivity contribution in [1.29, 1.82) is 0 Å². The Morgan fingerprint density at radius 3 is 2.42 bits per heavy atom. The van der Waals surface area contributed by atoms with E-state index in [2.05, 4.69) is 10.0 Å². The highest BCUT2D eigenvalue weighted by atomic mass is 32.2. The summed E-state index contributed by atoms with van der Waals surface area (Å²) < 4.78 is 29.2. The molecule has 184 valence electrons. The minimum Gasteiger partial charge on any atom is -0.370 e. The highest BCUT2D eigenvalue weighted by Crippen LogP contribution is 2.32. The molecule has 9 heteroatoms. The predicted molar refractivity (Wildman–Crippen MR) is 130 cm³/mol. The molecule has 1 heterocycles. The van der Waals surface area contributed by atoms with Gasteiger partial charge in [0.1, 0.15) is 4.90 Å². The van der Waals surface area contributed by atoms with Crippen LogP contribution in [0.3, 0.4) is 0 Å². The molecule has 33 heavy (non-hydrogen) atoms. The molecule has 0 aromatic heterocycles. The van der Waals surface area contributed by atoms with E-state index < -0.39 is 10.0 Å². The first kappa shape index (κ1) is 25.5. The third kappa shape index (κ3) is 6.93. The van der Waals surface area contributed by atoms with Gasteiger partial charge in [-0.15, -0.1) is 0 Å². The minimum absolute atomic E-state index is 0.0878. The van der Waals surface area contributed by atoms with Crippen LogP contribution in [0, 0.1) is 11.8 Å². The average molecular weight is 479 g/mol. The van der Waals surface area contributed by atoms with Gasteiger partial charge in [0, 0.05) is 37.2 Å². The van der Waals surface area contributed by atoms with E-state index >= 15 is 0 Å². The van der Waals surface area contributed by atoms with Crippen LogP contribution in [0.1, 0.15) is 71.6 Å². The van der Waals surface area contributed by atoms with Crippen molar-refractivity contribution in [3.63, 3.8) is 0 Å². The maximum Gasteiger partial charge on any atom is 0.242 e. The molecule has 8 nitrogen and oxygen atoms in total. The van der Waals surface area contributed by atoms with Crippen LogP contribution in [0.2, 0.25) is 0 Å². The quantitative estimate of drug-likeness (QED) is 0.476. The van der Waals surface area contributed by atoms with Crippen molar-refractivity contribution in [1.82, 2.24) is 4.72 Å². The first-order valence-corrected chi connectivity index (χ1v) is 13.7. The van der Waals surface area contributed by atoms with Gasteiger partial charge in [-0.2, -0.15) is 0 Å². The molecule has 1 aliphatic heterocycles.